The number of nitrogens with two attached hydrogens (primary N) is 1. The highest BCUT2D eigenvalue weighted by molar-refractivity contribution is 5.98. The van der Waals surface area contributed by atoms with Gasteiger partial charge in [-0.1, -0.05) is 6.07 Å². The highest BCUT2D eigenvalue weighted by Crippen LogP contribution is 2.37. The fourth-order valence-electron chi connectivity index (χ4n) is 4.36. The van der Waals surface area contributed by atoms with Crippen molar-refractivity contribution in [2.45, 2.75) is 37.5 Å². The Balaban J connectivity index is 1.51. The van der Waals surface area contributed by atoms with E-state index in [1.54, 1.807) is 35.0 Å². The van der Waals surface area contributed by atoms with E-state index in [0.717, 1.165) is 12.0 Å². The molecule has 4 aromatic rings. The van der Waals surface area contributed by atoms with Crippen LogP contribution in [0.1, 0.15) is 25.3 Å². The smallest absolute Gasteiger partial charge is 0.207 e. The van der Waals surface area contributed by atoms with Crippen LogP contribution in [-0.2, 0) is 0 Å². The largest absolute Gasteiger partial charge is 0.494 e. The Labute approximate surface area is 194 Å². The van der Waals surface area contributed by atoms with E-state index in [-0.39, 0.29) is 17.3 Å². The minimum Gasteiger partial charge on any atom is -0.494 e. The average molecular weight is 465 g/mol. The number of benzene rings is 2. The molecule has 1 aliphatic rings. The molecule has 0 aliphatic heterocycles. The molecule has 3 atom stereocenters. The molecular weight excluding hydrogens is 441 g/mol. The lowest BCUT2D eigenvalue weighted by molar-refractivity contribution is -0.0415. The Morgan fingerprint density at radius 1 is 1.06 bits per heavy atom. The molecule has 1 aliphatic carbocycles. The number of aliphatic hydroxyl groups is 2. The maximum absolute atomic E-state index is 14.4. The monoisotopic (exact) mass is 465 g/mol. The van der Waals surface area contributed by atoms with Crippen molar-refractivity contribution >= 4 is 16.9 Å². The van der Waals surface area contributed by atoms with E-state index in [9.17, 15) is 14.6 Å². The lowest BCUT2D eigenvalue weighted by Crippen LogP contribution is -2.39. The number of anilines is 1. The SMILES string of the molecule is COc1cccc(Oc2ccc(-c3nn(C4CCCC(O)C4O)c4ncnc(N)c34)cc2)c1F. The Bertz CT molecular complexity index is 1330. The number of fused-ring (bicyclic) bond motifs is 1. The first-order valence-corrected chi connectivity index (χ1v) is 10.9. The predicted molar refractivity (Wildman–Crippen MR) is 123 cm³/mol. The molecule has 176 valence electrons. The number of nitrogen functional groups attached to an aromatic ring is 1. The van der Waals surface area contributed by atoms with Gasteiger partial charge in [0.25, 0.3) is 0 Å². The summed E-state index contributed by atoms with van der Waals surface area (Å²) in [6.45, 7) is 0. The standard InChI is InChI=1S/C24H24FN5O4/c1-33-17-6-3-7-18(20(17)25)34-14-10-8-13(9-11-14)21-19-23(26)27-12-28-24(19)30(29-21)15-4-2-5-16(31)22(15)32/h3,6-12,15-16,22,31-32H,2,4-5H2,1H3,(H2,26,27,28). The molecule has 2 aromatic carbocycles. The summed E-state index contributed by atoms with van der Waals surface area (Å²) in [5.74, 6) is 0.239. The topological polar surface area (TPSA) is 129 Å². The van der Waals surface area contributed by atoms with E-state index in [0.29, 0.717) is 35.3 Å². The molecule has 34 heavy (non-hydrogen) atoms. The minimum atomic E-state index is -0.963. The van der Waals surface area contributed by atoms with Crippen LogP contribution in [0.4, 0.5) is 10.2 Å². The third-order valence-electron chi connectivity index (χ3n) is 6.12. The van der Waals surface area contributed by atoms with Crippen molar-refractivity contribution in [2.24, 2.45) is 0 Å². The average Bonchev–Trinajstić information content (AvgIpc) is 3.23. The number of hydrogen-bond donors (Lipinski definition) is 3. The van der Waals surface area contributed by atoms with Crippen LogP contribution < -0.4 is 15.2 Å². The quantitative estimate of drug-likeness (QED) is 0.409. The maximum Gasteiger partial charge on any atom is 0.207 e. The molecule has 1 saturated carbocycles. The first-order valence-electron chi connectivity index (χ1n) is 10.9. The van der Waals surface area contributed by atoms with Crippen molar-refractivity contribution in [3.8, 4) is 28.5 Å². The van der Waals surface area contributed by atoms with Crippen molar-refractivity contribution in [2.75, 3.05) is 12.8 Å². The van der Waals surface area contributed by atoms with Gasteiger partial charge in [0.1, 0.15) is 29.7 Å². The number of halogens is 1. The van der Waals surface area contributed by atoms with Crippen LogP contribution >= 0.6 is 0 Å². The maximum atomic E-state index is 14.4. The number of rotatable bonds is 5. The summed E-state index contributed by atoms with van der Waals surface area (Å²) >= 11 is 0. The second kappa shape index (κ2) is 8.88. The van der Waals surface area contributed by atoms with Crippen LogP contribution in [0.25, 0.3) is 22.3 Å². The van der Waals surface area contributed by atoms with Gasteiger partial charge in [-0.3, -0.25) is 0 Å². The summed E-state index contributed by atoms with van der Waals surface area (Å²) in [5.41, 5.74) is 7.92. The van der Waals surface area contributed by atoms with E-state index < -0.39 is 24.1 Å². The lowest BCUT2D eigenvalue weighted by atomic mass is 9.90. The molecule has 0 saturated heterocycles. The zero-order chi connectivity index (χ0) is 23.8. The summed E-state index contributed by atoms with van der Waals surface area (Å²) in [5, 5.41) is 26.0. The molecule has 2 aromatic heterocycles. The van der Waals surface area contributed by atoms with Crippen molar-refractivity contribution in [3.05, 3.63) is 54.6 Å². The molecule has 9 nitrogen and oxygen atoms in total. The summed E-state index contributed by atoms with van der Waals surface area (Å²) in [7, 11) is 1.39. The zero-order valence-electron chi connectivity index (χ0n) is 18.4. The van der Waals surface area contributed by atoms with Crippen LogP contribution in [-0.4, -0.2) is 49.3 Å². The van der Waals surface area contributed by atoms with Crippen LogP contribution in [0.3, 0.4) is 0 Å². The minimum absolute atomic E-state index is 0.0457. The number of ether oxygens (including phenoxy) is 2. The zero-order valence-corrected chi connectivity index (χ0v) is 18.4. The Morgan fingerprint density at radius 3 is 2.59 bits per heavy atom. The van der Waals surface area contributed by atoms with Crippen LogP contribution in [0.15, 0.2) is 48.8 Å². The number of methoxy groups -OCH3 is 1. The molecule has 0 spiro atoms. The lowest BCUT2D eigenvalue weighted by Gasteiger charge is -2.31. The number of aromatic nitrogens is 4. The van der Waals surface area contributed by atoms with Crippen molar-refractivity contribution in [3.63, 3.8) is 0 Å². The van der Waals surface area contributed by atoms with Crippen LogP contribution in [0, 0.1) is 5.82 Å². The second-order valence-corrected chi connectivity index (χ2v) is 8.21. The van der Waals surface area contributed by atoms with Gasteiger partial charge in [0.15, 0.2) is 17.1 Å². The second-order valence-electron chi connectivity index (χ2n) is 8.21. The Morgan fingerprint density at radius 2 is 1.82 bits per heavy atom. The highest BCUT2D eigenvalue weighted by Gasteiger charge is 2.34. The van der Waals surface area contributed by atoms with Gasteiger partial charge in [-0.25, -0.2) is 14.6 Å². The number of hydrogen-bond acceptors (Lipinski definition) is 8. The van der Waals surface area contributed by atoms with Gasteiger partial charge in [-0.05, 0) is 55.7 Å². The third kappa shape index (κ3) is 3.80. The molecule has 0 bridgehead atoms. The van der Waals surface area contributed by atoms with E-state index in [2.05, 4.69) is 9.97 Å². The molecule has 10 heteroatoms. The molecular formula is C24H24FN5O4. The first-order chi connectivity index (χ1) is 16.5. The first kappa shape index (κ1) is 22.1. The number of nitrogens with zero attached hydrogens (tertiary/aromatic N) is 4. The normalized spacial score (nSPS) is 20.4. The van der Waals surface area contributed by atoms with Crippen molar-refractivity contribution in [1.29, 1.82) is 0 Å². The van der Waals surface area contributed by atoms with Gasteiger partial charge in [-0.2, -0.15) is 9.49 Å². The Kier molecular flexibility index (Phi) is 5.76. The van der Waals surface area contributed by atoms with Crippen LogP contribution in [0.5, 0.6) is 17.2 Å². The third-order valence-corrected chi connectivity index (χ3v) is 6.12. The summed E-state index contributed by atoms with van der Waals surface area (Å²) < 4.78 is 26.7. The van der Waals surface area contributed by atoms with Crippen molar-refractivity contribution < 1.29 is 24.1 Å². The molecule has 5 rings (SSSR count). The highest BCUT2D eigenvalue weighted by atomic mass is 19.1. The molecule has 1 fully saturated rings. The summed E-state index contributed by atoms with van der Waals surface area (Å²) in [6.07, 6.45) is 1.51. The van der Waals surface area contributed by atoms with Gasteiger partial charge >= 0.3 is 0 Å². The number of aliphatic hydroxyl groups excluding tert-OH is 2. The van der Waals surface area contributed by atoms with Crippen LogP contribution in [0.2, 0.25) is 0 Å². The van der Waals surface area contributed by atoms with E-state index in [1.165, 1.54) is 25.6 Å². The van der Waals surface area contributed by atoms with Gasteiger partial charge in [-0.15, -0.1) is 0 Å². The Hall–Kier alpha value is -3.76. The van der Waals surface area contributed by atoms with Gasteiger partial charge in [0.05, 0.1) is 24.6 Å². The fourth-order valence-corrected chi connectivity index (χ4v) is 4.36. The van der Waals surface area contributed by atoms with E-state index in [4.69, 9.17) is 20.3 Å². The van der Waals surface area contributed by atoms with Gasteiger partial charge in [0, 0.05) is 5.56 Å². The van der Waals surface area contributed by atoms with Gasteiger partial charge < -0.3 is 25.4 Å². The predicted octanol–water partition coefficient (Wildman–Crippen LogP) is 3.46. The molecule has 4 N–H and O–H groups in total. The van der Waals surface area contributed by atoms with E-state index >= 15 is 0 Å². The molecule has 0 amide bonds. The molecule has 0 radical (unpaired) electrons. The molecule has 2 heterocycles. The summed E-state index contributed by atoms with van der Waals surface area (Å²) in [4.78, 5) is 8.47. The van der Waals surface area contributed by atoms with Crippen molar-refractivity contribution in [1.82, 2.24) is 19.7 Å². The summed E-state index contributed by atoms with van der Waals surface area (Å²) in [6, 6.07) is 11.2. The van der Waals surface area contributed by atoms with Gasteiger partial charge in [0.2, 0.25) is 5.82 Å². The fraction of sp³-hybridized carbons (Fsp3) is 0.292. The molecule has 3 unspecified atom stereocenters. The van der Waals surface area contributed by atoms with E-state index in [1.807, 2.05) is 0 Å².